The third-order valence-electron chi connectivity index (χ3n) is 3.89. The van der Waals surface area contributed by atoms with Crippen molar-refractivity contribution in [1.29, 1.82) is 0 Å². The van der Waals surface area contributed by atoms with Gasteiger partial charge >= 0.3 is 0 Å². The lowest BCUT2D eigenvalue weighted by atomic mass is 10.1. The Morgan fingerprint density at radius 2 is 2.15 bits per heavy atom. The van der Waals surface area contributed by atoms with Crippen molar-refractivity contribution in [3.63, 3.8) is 0 Å². The Balaban J connectivity index is 1.71. The molecule has 9 heteroatoms. The fraction of sp³-hybridized carbons (Fsp3) is 0.0588. The number of amides is 1. The van der Waals surface area contributed by atoms with Gasteiger partial charge in [0, 0.05) is 16.8 Å². The summed E-state index contributed by atoms with van der Waals surface area (Å²) in [6, 6.07) is 5.21. The van der Waals surface area contributed by atoms with Crippen LogP contribution in [0.15, 0.2) is 43.1 Å². The van der Waals surface area contributed by atoms with Crippen molar-refractivity contribution < 1.29 is 9.53 Å². The number of anilines is 1. The van der Waals surface area contributed by atoms with Crippen LogP contribution in [0.4, 0.5) is 5.69 Å². The van der Waals surface area contributed by atoms with Gasteiger partial charge in [0.15, 0.2) is 0 Å². The van der Waals surface area contributed by atoms with E-state index in [1.54, 1.807) is 31.5 Å². The van der Waals surface area contributed by atoms with E-state index in [0.717, 1.165) is 0 Å². The van der Waals surface area contributed by atoms with Crippen LogP contribution in [-0.2, 0) is 0 Å². The third kappa shape index (κ3) is 2.76. The van der Waals surface area contributed by atoms with Gasteiger partial charge in [0.05, 0.1) is 48.3 Å². The monoisotopic (exact) mass is 368 g/mol. The second-order valence-corrected chi connectivity index (χ2v) is 5.88. The number of aromatic nitrogens is 5. The number of hydrogen-bond donors (Lipinski definition) is 3. The molecule has 0 bridgehead atoms. The van der Waals surface area contributed by atoms with Gasteiger partial charge in [-0.2, -0.15) is 5.10 Å². The minimum Gasteiger partial charge on any atom is -0.496 e. The topological polar surface area (TPSA) is 109 Å². The summed E-state index contributed by atoms with van der Waals surface area (Å²) in [6.45, 7) is 0. The smallest absolute Gasteiger partial charge is 0.259 e. The first-order chi connectivity index (χ1) is 12.7. The van der Waals surface area contributed by atoms with Crippen LogP contribution < -0.4 is 10.1 Å². The van der Waals surface area contributed by atoms with Crippen molar-refractivity contribution in [1.82, 2.24) is 25.1 Å². The fourth-order valence-corrected chi connectivity index (χ4v) is 2.85. The molecular weight excluding hydrogens is 356 g/mol. The first-order valence-electron chi connectivity index (χ1n) is 7.63. The van der Waals surface area contributed by atoms with Gasteiger partial charge in [0.2, 0.25) is 0 Å². The highest BCUT2D eigenvalue weighted by atomic mass is 35.5. The van der Waals surface area contributed by atoms with Crippen LogP contribution in [-0.4, -0.2) is 38.2 Å². The maximum absolute atomic E-state index is 12.7. The van der Waals surface area contributed by atoms with Gasteiger partial charge in [0.25, 0.3) is 5.91 Å². The molecule has 8 nitrogen and oxygen atoms in total. The maximum Gasteiger partial charge on any atom is 0.259 e. The molecule has 4 aromatic rings. The zero-order chi connectivity index (χ0) is 18.1. The minimum absolute atomic E-state index is 0.348. The molecule has 0 fully saturated rings. The number of pyridine rings is 1. The summed E-state index contributed by atoms with van der Waals surface area (Å²) < 4.78 is 5.37. The third-order valence-corrected chi connectivity index (χ3v) is 4.13. The number of nitrogens with one attached hydrogen (secondary N) is 3. The molecule has 1 aromatic carbocycles. The number of fused-ring (bicyclic) bond motifs is 1. The molecule has 1 amide bonds. The Morgan fingerprint density at radius 1 is 1.27 bits per heavy atom. The van der Waals surface area contributed by atoms with Crippen LogP contribution in [0.5, 0.6) is 5.75 Å². The summed E-state index contributed by atoms with van der Waals surface area (Å²) >= 11 is 6.10. The number of ether oxygens (including phenoxy) is 1. The summed E-state index contributed by atoms with van der Waals surface area (Å²) in [5.74, 6) is 0.254. The molecule has 0 aliphatic carbocycles. The summed E-state index contributed by atoms with van der Waals surface area (Å²) in [4.78, 5) is 23.9. The maximum atomic E-state index is 12.7. The molecule has 0 aliphatic heterocycles. The number of hydrogen-bond acceptors (Lipinski definition) is 5. The van der Waals surface area contributed by atoms with Crippen molar-refractivity contribution in [2.75, 3.05) is 12.4 Å². The number of aromatic amines is 2. The highest BCUT2D eigenvalue weighted by molar-refractivity contribution is 6.31. The summed E-state index contributed by atoms with van der Waals surface area (Å²) in [7, 11) is 1.56. The van der Waals surface area contributed by atoms with Crippen LogP contribution in [0.3, 0.4) is 0 Å². The predicted octanol–water partition coefficient (Wildman–Crippen LogP) is 3.26. The zero-order valence-electron chi connectivity index (χ0n) is 13.6. The Labute approximate surface area is 152 Å². The minimum atomic E-state index is -0.348. The van der Waals surface area contributed by atoms with Crippen LogP contribution in [0, 0.1) is 0 Å². The summed E-state index contributed by atoms with van der Waals surface area (Å²) in [6.07, 6.45) is 6.12. The SMILES string of the molecule is COc1ccc(Cl)cc1-c1[nH]ncc1NC(=O)c1cncc2[nH]cnc12. The predicted molar refractivity (Wildman–Crippen MR) is 97.4 cm³/mol. The molecule has 0 unspecified atom stereocenters. The van der Waals surface area contributed by atoms with Gasteiger partial charge in [-0.25, -0.2) is 4.98 Å². The van der Waals surface area contributed by atoms with Gasteiger partial charge in [0.1, 0.15) is 11.3 Å². The normalized spacial score (nSPS) is 10.8. The molecule has 26 heavy (non-hydrogen) atoms. The van der Waals surface area contributed by atoms with Crippen molar-refractivity contribution in [3.8, 4) is 17.0 Å². The van der Waals surface area contributed by atoms with E-state index in [1.807, 2.05) is 0 Å². The van der Waals surface area contributed by atoms with Gasteiger partial charge < -0.3 is 15.0 Å². The quantitative estimate of drug-likeness (QED) is 0.512. The number of halogens is 1. The molecule has 0 saturated carbocycles. The van der Waals surface area contributed by atoms with Crippen molar-refractivity contribution in [3.05, 3.63) is 53.7 Å². The van der Waals surface area contributed by atoms with Gasteiger partial charge in [-0.05, 0) is 18.2 Å². The highest BCUT2D eigenvalue weighted by Crippen LogP contribution is 2.35. The van der Waals surface area contributed by atoms with E-state index >= 15 is 0 Å². The lowest BCUT2D eigenvalue weighted by molar-refractivity contribution is 0.102. The zero-order valence-corrected chi connectivity index (χ0v) is 14.3. The van der Waals surface area contributed by atoms with Crippen molar-refractivity contribution in [2.24, 2.45) is 0 Å². The Kier molecular flexibility index (Phi) is 4.02. The lowest BCUT2D eigenvalue weighted by Gasteiger charge is -2.10. The number of carbonyl (C=O) groups excluding carboxylic acids is 1. The summed E-state index contributed by atoms with van der Waals surface area (Å²) in [5, 5.41) is 10.3. The Hall–Kier alpha value is -3.39. The van der Waals surface area contributed by atoms with Crippen LogP contribution in [0.1, 0.15) is 10.4 Å². The standard InChI is InChI=1S/C17H13ClN6O2/c1-26-14-3-2-9(18)4-10(14)16-13(7-22-24-16)23-17(25)11-5-19-6-12-15(11)21-8-20-12/h2-8H,1H3,(H,20,21)(H,22,24)(H,23,25). The van der Waals surface area contributed by atoms with Gasteiger partial charge in [-0.1, -0.05) is 11.6 Å². The van der Waals surface area contributed by atoms with E-state index < -0.39 is 0 Å². The van der Waals surface area contributed by atoms with E-state index in [9.17, 15) is 4.79 Å². The second kappa shape index (κ2) is 6.49. The molecule has 3 heterocycles. The molecule has 4 rings (SSSR count). The van der Waals surface area contributed by atoms with E-state index in [2.05, 4.69) is 30.5 Å². The molecule has 3 aromatic heterocycles. The summed E-state index contributed by atoms with van der Waals surface area (Å²) in [5.41, 5.74) is 3.34. The Bertz CT molecular complexity index is 1100. The van der Waals surface area contributed by atoms with Crippen molar-refractivity contribution >= 4 is 34.2 Å². The fourth-order valence-electron chi connectivity index (χ4n) is 2.68. The lowest BCUT2D eigenvalue weighted by Crippen LogP contribution is -2.13. The molecule has 0 aliphatic rings. The Morgan fingerprint density at radius 3 is 3.00 bits per heavy atom. The molecule has 0 atom stereocenters. The number of imidazole rings is 1. The van der Waals surface area contributed by atoms with Gasteiger partial charge in [-0.15, -0.1) is 0 Å². The van der Waals surface area contributed by atoms with E-state index in [1.165, 1.54) is 18.7 Å². The van der Waals surface area contributed by atoms with E-state index in [4.69, 9.17) is 16.3 Å². The average molecular weight is 369 g/mol. The molecule has 130 valence electrons. The van der Waals surface area contributed by atoms with Crippen LogP contribution >= 0.6 is 11.6 Å². The highest BCUT2D eigenvalue weighted by Gasteiger charge is 2.18. The van der Waals surface area contributed by atoms with E-state index in [0.29, 0.717) is 44.3 Å². The van der Waals surface area contributed by atoms with E-state index in [-0.39, 0.29) is 5.91 Å². The van der Waals surface area contributed by atoms with Gasteiger partial charge in [-0.3, -0.25) is 14.9 Å². The molecule has 3 N–H and O–H groups in total. The molecule has 0 saturated heterocycles. The first kappa shape index (κ1) is 16.1. The number of rotatable bonds is 4. The second-order valence-electron chi connectivity index (χ2n) is 5.44. The molecule has 0 spiro atoms. The molecule has 0 radical (unpaired) electrons. The van der Waals surface area contributed by atoms with Crippen molar-refractivity contribution in [2.45, 2.75) is 0 Å². The molecular formula is C17H13ClN6O2. The number of carbonyl (C=O) groups is 1. The van der Waals surface area contributed by atoms with Crippen LogP contribution in [0.2, 0.25) is 5.02 Å². The number of methoxy groups -OCH3 is 1. The van der Waals surface area contributed by atoms with Crippen LogP contribution in [0.25, 0.3) is 22.3 Å². The largest absolute Gasteiger partial charge is 0.496 e. The number of nitrogens with zero attached hydrogens (tertiary/aromatic N) is 3. The number of H-pyrrole nitrogens is 2. The number of benzene rings is 1. The first-order valence-corrected chi connectivity index (χ1v) is 8.01. The average Bonchev–Trinajstić information content (AvgIpc) is 3.30.